The van der Waals surface area contributed by atoms with E-state index in [-0.39, 0.29) is 6.61 Å². The van der Waals surface area contributed by atoms with Crippen LogP contribution in [0.5, 0.6) is 0 Å². The average molecular weight is 131 g/mol. The molecule has 2 nitrogen and oxygen atoms in total. The van der Waals surface area contributed by atoms with Crippen molar-refractivity contribution in [1.82, 2.24) is 0 Å². The third kappa shape index (κ3) is 6.35. The van der Waals surface area contributed by atoms with E-state index >= 15 is 0 Å². The van der Waals surface area contributed by atoms with Crippen LogP contribution in [-0.4, -0.2) is 32.0 Å². The average Bonchev–Trinajstić information content (AvgIpc) is 1.69. The summed E-state index contributed by atoms with van der Waals surface area (Å²) < 4.78 is 4.57. The maximum Gasteiger partial charge on any atom is 0.229 e. The lowest BCUT2D eigenvalue weighted by molar-refractivity contribution is 0.294. The predicted octanol–water partition coefficient (Wildman–Crippen LogP) is -0.494. The highest BCUT2D eigenvalue weighted by Gasteiger charge is 1.84. The Balaban J connectivity index is 2.45. The number of hydrogen-bond donors (Lipinski definition) is 1. The van der Waals surface area contributed by atoms with Crippen LogP contribution < -0.4 is 0 Å². The molecule has 0 bridgehead atoms. The zero-order valence-corrected chi connectivity index (χ0v) is 5.98. The van der Waals surface area contributed by atoms with Gasteiger partial charge in [0.05, 0.1) is 0 Å². The van der Waals surface area contributed by atoms with E-state index in [2.05, 4.69) is 14.6 Å². The second kappa shape index (κ2) is 6.35. The molecule has 39 valence electrons. The van der Waals surface area contributed by atoms with Crippen molar-refractivity contribution in [3.63, 3.8) is 0 Å². The molecule has 0 aliphatic heterocycles. The van der Waals surface area contributed by atoms with Gasteiger partial charge in [0.1, 0.15) is 0 Å². The molecule has 0 atom stereocenters. The maximum absolute atomic E-state index is 8.23. The molecule has 0 aromatic heterocycles. The minimum atomic E-state index is 0.266. The minimum absolute atomic E-state index is 0.266. The van der Waals surface area contributed by atoms with Crippen molar-refractivity contribution >= 4 is 20.2 Å². The normalized spacial score (nSPS) is 9.43. The van der Waals surface area contributed by atoms with E-state index in [1.807, 2.05) is 0 Å². The van der Waals surface area contributed by atoms with Gasteiger partial charge < -0.3 is 9.22 Å². The Morgan fingerprint density at radius 1 is 1.71 bits per heavy atom. The highest BCUT2D eigenvalue weighted by Crippen LogP contribution is 1.83. The summed E-state index contributed by atoms with van der Waals surface area (Å²) >= 11 is 0. The van der Waals surface area contributed by atoms with E-state index in [1.54, 1.807) is 0 Å². The van der Waals surface area contributed by atoms with Crippen LogP contribution >= 0.6 is 0 Å². The van der Waals surface area contributed by atoms with Gasteiger partial charge in [0.15, 0.2) is 0 Å². The van der Waals surface area contributed by atoms with Crippen molar-refractivity contribution in [1.29, 1.82) is 0 Å². The molecule has 0 unspecified atom stereocenters. The molecule has 0 heterocycles. The molecule has 0 amide bonds. The van der Waals surface area contributed by atoms with E-state index < -0.39 is 0 Å². The van der Waals surface area contributed by atoms with Gasteiger partial charge in [0.2, 0.25) is 20.2 Å². The van der Waals surface area contributed by atoms with Crippen molar-refractivity contribution in [2.24, 2.45) is 0 Å². The van der Waals surface area contributed by atoms with Crippen LogP contribution in [0.3, 0.4) is 0 Å². The first-order chi connectivity index (χ1) is 3.41. The standard InChI is InChI=1S/C3H7O2Si2/c4-2-1-3-7-5-6/h4H,1-3H2. The lowest BCUT2D eigenvalue weighted by Gasteiger charge is -1.89. The summed E-state index contributed by atoms with van der Waals surface area (Å²) in [6, 6.07) is 0.944. The van der Waals surface area contributed by atoms with Crippen molar-refractivity contribution < 1.29 is 9.22 Å². The molecule has 0 aromatic rings. The molecular weight excluding hydrogens is 124 g/mol. The highest BCUT2D eigenvalue weighted by atomic mass is 28.3. The van der Waals surface area contributed by atoms with Crippen LogP contribution in [-0.2, 0) is 4.12 Å². The molecule has 1 N–H and O–H groups in total. The van der Waals surface area contributed by atoms with Crippen LogP contribution in [0.2, 0.25) is 6.04 Å². The van der Waals surface area contributed by atoms with Gasteiger partial charge >= 0.3 is 0 Å². The van der Waals surface area contributed by atoms with E-state index in [1.165, 1.54) is 0 Å². The summed E-state index contributed by atoms with van der Waals surface area (Å²) in [5.41, 5.74) is 0. The number of hydrogen-bond acceptors (Lipinski definition) is 2. The summed E-state index contributed by atoms with van der Waals surface area (Å²) in [6.45, 7) is 0.266. The fraction of sp³-hybridized carbons (Fsp3) is 1.00. The molecule has 4 heteroatoms. The topological polar surface area (TPSA) is 29.5 Å². The van der Waals surface area contributed by atoms with Crippen LogP contribution in [0.1, 0.15) is 6.42 Å². The molecule has 0 spiro atoms. The molecule has 0 saturated heterocycles. The number of rotatable bonds is 4. The van der Waals surface area contributed by atoms with E-state index in [9.17, 15) is 0 Å². The molecule has 0 saturated carbocycles. The van der Waals surface area contributed by atoms with E-state index in [0.717, 1.165) is 12.5 Å². The largest absolute Gasteiger partial charge is 0.458 e. The van der Waals surface area contributed by atoms with E-state index in [0.29, 0.717) is 9.76 Å². The first kappa shape index (κ1) is 7.35. The lowest BCUT2D eigenvalue weighted by atomic mass is 10.5. The Bertz CT molecular complexity index is 30.1. The summed E-state index contributed by atoms with van der Waals surface area (Å²) in [6.07, 6.45) is 0.836. The Hall–Kier alpha value is 0.354. The lowest BCUT2D eigenvalue weighted by Crippen LogP contribution is -1.94. The van der Waals surface area contributed by atoms with Crippen LogP contribution in [0.15, 0.2) is 0 Å². The van der Waals surface area contributed by atoms with Crippen molar-refractivity contribution in [2.45, 2.75) is 12.5 Å². The maximum atomic E-state index is 8.23. The van der Waals surface area contributed by atoms with Gasteiger partial charge in [-0.05, 0) is 12.5 Å². The second-order valence-corrected chi connectivity index (χ2v) is 2.68. The fourth-order valence-electron chi connectivity index (χ4n) is 0.202. The van der Waals surface area contributed by atoms with Gasteiger partial charge in [-0.1, -0.05) is 0 Å². The van der Waals surface area contributed by atoms with Gasteiger partial charge in [-0.2, -0.15) is 0 Å². The summed E-state index contributed by atoms with van der Waals surface area (Å²) in [7, 11) is 3.33. The molecule has 0 aliphatic rings. The van der Waals surface area contributed by atoms with E-state index in [4.69, 9.17) is 5.11 Å². The number of aliphatic hydroxyl groups excluding tert-OH is 1. The van der Waals surface area contributed by atoms with Crippen molar-refractivity contribution in [3.05, 3.63) is 0 Å². The van der Waals surface area contributed by atoms with Crippen LogP contribution in [0.25, 0.3) is 0 Å². The zero-order valence-electron chi connectivity index (χ0n) is 3.98. The molecule has 0 aliphatic carbocycles. The molecular formula is C3H7O2Si2. The predicted molar refractivity (Wildman–Crippen MR) is 29.1 cm³/mol. The number of aliphatic hydroxyl groups is 1. The first-order valence-corrected chi connectivity index (χ1v) is 3.60. The molecule has 0 fully saturated rings. The fourth-order valence-corrected chi connectivity index (χ4v) is 0.913. The van der Waals surface area contributed by atoms with Crippen LogP contribution in [0.4, 0.5) is 0 Å². The molecule has 7 heavy (non-hydrogen) atoms. The van der Waals surface area contributed by atoms with Crippen molar-refractivity contribution in [2.75, 3.05) is 6.61 Å². The molecule has 0 rings (SSSR count). The van der Waals surface area contributed by atoms with Gasteiger partial charge in [0.25, 0.3) is 0 Å². The first-order valence-electron chi connectivity index (χ1n) is 2.08. The molecule has 5 radical (unpaired) electrons. The van der Waals surface area contributed by atoms with Crippen molar-refractivity contribution in [3.8, 4) is 0 Å². The third-order valence-corrected chi connectivity index (χ3v) is 1.64. The summed E-state index contributed by atoms with van der Waals surface area (Å²) in [5.74, 6) is 0. The zero-order chi connectivity index (χ0) is 5.54. The van der Waals surface area contributed by atoms with Crippen LogP contribution in [0, 0.1) is 0 Å². The third-order valence-electron chi connectivity index (χ3n) is 0.509. The summed E-state index contributed by atoms with van der Waals surface area (Å²) in [4.78, 5) is 0. The highest BCUT2D eigenvalue weighted by molar-refractivity contribution is 6.34. The smallest absolute Gasteiger partial charge is 0.229 e. The summed E-state index contributed by atoms with van der Waals surface area (Å²) in [5, 5.41) is 8.23. The Kier molecular flexibility index (Phi) is 6.67. The minimum Gasteiger partial charge on any atom is -0.458 e. The van der Waals surface area contributed by atoms with Gasteiger partial charge in [0, 0.05) is 6.61 Å². The Labute approximate surface area is 49.4 Å². The second-order valence-electron chi connectivity index (χ2n) is 1.07. The monoisotopic (exact) mass is 131 g/mol. The van der Waals surface area contributed by atoms with Gasteiger partial charge in [-0.15, -0.1) is 0 Å². The van der Waals surface area contributed by atoms with Gasteiger partial charge in [-0.25, -0.2) is 0 Å². The SMILES string of the molecule is OCCC[Si]O[Si]. The Morgan fingerprint density at radius 3 is 2.86 bits per heavy atom. The molecule has 0 aromatic carbocycles. The quantitative estimate of drug-likeness (QED) is 0.412. The van der Waals surface area contributed by atoms with Gasteiger partial charge in [-0.3, -0.25) is 0 Å². The Morgan fingerprint density at radius 2 is 2.43 bits per heavy atom.